The van der Waals surface area contributed by atoms with Crippen molar-refractivity contribution in [2.45, 2.75) is 26.3 Å². The average Bonchev–Trinajstić information content (AvgIpc) is 2.79. The Labute approximate surface area is 112 Å². The molecule has 0 aliphatic heterocycles. The molecule has 0 bridgehead atoms. The van der Waals surface area contributed by atoms with Crippen LogP contribution in [0.2, 0.25) is 0 Å². The van der Waals surface area contributed by atoms with E-state index in [1.807, 2.05) is 41.9 Å². The number of rotatable bonds is 4. The Hall–Kier alpha value is -1.62. The summed E-state index contributed by atoms with van der Waals surface area (Å²) in [6.07, 6.45) is 1.06. The van der Waals surface area contributed by atoms with Crippen molar-refractivity contribution in [2.24, 2.45) is 0 Å². The SMILES string of the molecule is CCC(C)N(C)c1n[nH]c(=S)n1-c1ccccc1. The Balaban J connectivity index is 2.49. The van der Waals surface area contributed by atoms with Crippen LogP contribution in [0, 0.1) is 4.77 Å². The highest BCUT2D eigenvalue weighted by Gasteiger charge is 2.16. The molecule has 0 fully saturated rings. The summed E-state index contributed by atoms with van der Waals surface area (Å²) < 4.78 is 2.58. The van der Waals surface area contributed by atoms with Gasteiger partial charge in [0.2, 0.25) is 10.7 Å². The van der Waals surface area contributed by atoms with Gasteiger partial charge in [0.1, 0.15) is 0 Å². The minimum atomic E-state index is 0.415. The van der Waals surface area contributed by atoms with Gasteiger partial charge in [-0.05, 0) is 37.7 Å². The van der Waals surface area contributed by atoms with Crippen molar-refractivity contribution in [3.05, 3.63) is 35.1 Å². The molecule has 1 heterocycles. The lowest BCUT2D eigenvalue weighted by atomic mass is 10.2. The van der Waals surface area contributed by atoms with Gasteiger partial charge in [-0.15, -0.1) is 5.10 Å². The molecule has 1 N–H and O–H groups in total. The maximum Gasteiger partial charge on any atom is 0.230 e. The maximum atomic E-state index is 5.32. The Morgan fingerprint density at radius 3 is 2.67 bits per heavy atom. The zero-order chi connectivity index (χ0) is 13.1. The highest BCUT2D eigenvalue weighted by atomic mass is 32.1. The number of hydrogen-bond donors (Lipinski definition) is 1. The van der Waals surface area contributed by atoms with Crippen LogP contribution in [0.25, 0.3) is 5.69 Å². The molecule has 2 aromatic rings. The van der Waals surface area contributed by atoms with E-state index >= 15 is 0 Å². The normalized spacial score (nSPS) is 12.4. The molecule has 0 saturated carbocycles. The molecule has 1 aromatic carbocycles. The van der Waals surface area contributed by atoms with E-state index in [0.717, 1.165) is 18.1 Å². The van der Waals surface area contributed by atoms with E-state index < -0.39 is 0 Å². The summed E-state index contributed by atoms with van der Waals surface area (Å²) in [5, 5.41) is 7.20. The number of hydrogen-bond acceptors (Lipinski definition) is 3. The lowest BCUT2D eigenvalue weighted by Gasteiger charge is -2.24. The third kappa shape index (κ3) is 2.31. The van der Waals surface area contributed by atoms with Gasteiger partial charge in [-0.2, -0.15) is 0 Å². The van der Waals surface area contributed by atoms with Crippen molar-refractivity contribution >= 4 is 18.2 Å². The van der Waals surface area contributed by atoms with E-state index in [1.54, 1.807) is 0 Å². The van der Waals surface area contributed by atoms with Crippen LogP contribution in [-0.2, 0) is 0 Å². The van der Waals surface area contributed by atoms with Crippen LogP contribution in [0.3, 0.4) is 0 Å². The first kappa shape index (κ1) is 12.8. The molecule has 1 unspecified atom stereocenters. The number of para-hydroxylation sites is 1. The van der Waals surface area contributed by atoms with Gasteiger partial charge in [0, 0.05) is 13.1 Å². The summed E-state index contributed by atoms with van der Waals surface area (Å²) in [6, 6.07) is 10.5. The summed E-state index contributed by atoms with van der Waals surface area (Å²) in [5.41, 5.74) is 1.03. The zero-order valence-corrected chi connectivity index (χ0v) is 11.7. The van der Waals surface area contributed by atoms with E-state index in [-0.39, 0.29) is 0 Å². The standard InChI is InChI=1S/C13H18N4S/c1-4-10(2)16(3)12-14-15-13(18)17(12)11-8-6-5-7-9-11/h5-10H,4H2,1-3H3,(H,15,18). The molecule has 0 amide bonds. The van der Waals surface area contributed by atoms with Crippen LogP contribution in [-0.4, -0.2) is 27.9 Å². The quantitative estimate of drug-likeness (QED) is 0.860. The molecule has 0 aliphatic carbocycles. The van der Waals surface area contributed by atoms with E-state index in [1.165, 1.54) is 0 Å². The molecule has 1 atom stereocenters. The zero-order valence-electron chi connectivity index (χ0n) is 10.9. The highest BCUT2D eigenvalue weighted by molar-refractivity contribution is 7.71. The molecule has 5 heteroatoms. The first-order valence-electron chi connectivity index (χ1n) is 6.10. The third-order valence-corrected chi connectivity index (χ3v) is 3.51. The molecule has 0 radical (unpaired) electrons. The molecule has 18 heavy (non-hydrogen) atoms. The summed E-state index contributed by atoms with van der Waals surface area (Å²) in [5.74, 6) is 0.848. The first-order chi connectivity index (χ1) is 8.65. The fourth-order valence-corrected chi connectivity index (χ4v) is 2.04. The predicted octanol–water partition coefficient (Wildman–Crippen LogP) is 3.16. The monoisotopic (exact) mass is 262 g/mol. The summed E-state index contributed by atoms with van der Waals surface area (Å²) in [4.78, 5) is 2.14. The van der Waals surface area contributed by atoms with Crippen molar-refractivity contribution in [3.63, 3.8) is 0 Å². The Morgan fingerprint density at radius 2 is 2.06 bits per heavy atom. The number of aromatic nitrogens is 3. The molecule has 4 nitrogen and oxygen atoms in total. The highest BCUT2D eigenvalue weighted by Crippen LogP contribution is 2.19. The minimum Gasteiger partial charge on any atom is -0.341 e. The minimum absolute atomic E-state index is 0.415. The second-order valence-electron chi connectivity index (χ2n) is 4.37. The number of aromatic amines is 1. The van der Waals surface area contributed by atoms with Crippen molar-refractivity contribution in [2.75, 3.05) is 11.9 Å². The second-order valence-corrected chi connectivity index (χ2v) is 4.75. The summed E-state index contributed by atoms with van der Waals surface area (Å²) in [6.45, 7) is 4.34. The lowest BCUT2D eigenvalue weighted by molar-refractivity contribution is 0.643. The van der Waals surface area contributed by atoms with Crippen molar-refractivity contribution in [3.8, 4) is 5.69 Å². The van der Waals surface area contributed by atoms with Gasteiger partial charge < -0.3 is 4.90 Å². The number of nitrogens with one attached hydrogen (secondary N) is 1. The average molecular weight is 262 g/mol. The van der Waals surface area contributed by atoms with Gasteiger partial charge in [0.15, 0.2) is 0 Å². The lowest BCUT2D eigenvalue weighted by Crippen LogP contribution is -2.30. The van der Waals surface area contributed by atoms with Crippen LogP contribution in [0.15, 0.2) is 30.3 Å². The van der Waals surface area contributed by atoms with Gasteiger partial charge in [-0.3, -0.25) is 4.57 Å². The number of nitrogens with zero attached hydrogens (tertiary/aromatic N) is 3. The molecule has 0 aliphatic rings. The van der Waals surface area contributed by atoms with E-state index in [0.29, 0.717) is 10.8 Å². The Kier molecular flexibility index (Phi) is 3.81. The third-order valence-electron chi connectivity index (χ3n) is 3.24. The molecule has 1 aromatic heterocycles. The van der Waals surface area contributed by atoms with Gasteiger partial charge in [0.25, 0.3) is 0 Å². The fourth-order valence-electron chi connectivity index (χ4n) is 1.81. The molecule has 0 saturated heterocycles. The fraction of sp³-hybridized carbons (Fsp3) is 0.385. The van der Waals surface area contributed by atoms with Crippen molar-refractivity contribution in [1.82, 2.24) is 14.8 Å². The molecule has 2 rings (SSSR count). The molecular weight excluding hydrogens is 244 g/mol. The van der Waals surface area contributed by atoms with Gasteiger partial charge in [-0.1, -0.05) is 25.1 Å². The number of anilines is 1. The molecule has 0 spiro atoms. The van der Waals surface area contributed by atoms with Crippen LogP contribution >= 0.6 is 12.2 Å². The largest absolute Gasteiger partial charge is 0.341 e. The second kappa shape index (κ2) is 5.35. The van der Waals surface area contributed by atoms with Crippen LogP contribution in [0.4, 0.5) is 5.95 Å². The predicted molar refractivity (Wildman–Crippen MR) is 76.9 cm³/mol. The van der Waals surface area contributed by atoms with Crippen molar-refractivity contribution < 1.29 is 0 Å². The van der Waals surface area contributed by atoms with E-state index in [2.05, 4.69) is 28.9 Å². The first-order valence-corrected chi connectivity index (χ1v) is 6.51. The summed E-state index contributed by atoms with van der Waals surface area (Å²) in [7, 11) is 2.04. The van der Waals surface area contributed by atoms with Gasteiger partial charge in [-0.25, -0.2) is 5.10 Å². The van der Waals surface area contributed by atoms with E-state index in [9.17, 15) is 0 Å². The number of benzene rings is 1. The Morgan fingerprint density at radius 1 is 1.39 bits per heavy atom. The Bertz CT molecular complexity index is 558. The summed E-state index contributed by atoms with van der Waals surface area (Å²) >= 11 is 5.32. The molecular formula is C13H18N4S. The maximum absolute atomic E-state index is 5.32. The van der Waals surface area contributed by atoms with Crippen LogP contribution < -0.4 is 4.90 Å². The smallest absolute Gasteiger partial charge is 0.230 e. The molecule has 96 valence electrons. The number of H-pyrrole nitrogens is 1. The van der Waals surface area contributed by atoms with Gasteiger partial charge >= 0.3 is 0 Å². The van der Waals surface area contributed by atoms with Gasteiger partial charge in [0.05, 0.1) is 5.69 Å². The topological polar surface area (TPSA) is 36.9 Å². The van der Waals surface area contributed by atoms with Crippen LogP contribution in [0.1, 0.15) is 20.3 Å². The van der Waals surface area contributed by atoms with E-state index in [4.69, 9.17) is 12.2 Å². The van der Waals surface area contributed by atoms with Crippen LogP contribution in [0.5, 0.6) is 0 Å². The van der Waals surface area contributed by atoms with Crippen molar-refractivity contribution in [1.29, 1.82) is 0 Å².